The SMILES string of the molecule is [2H]c1c([2H])c([2H])c2c(c1[2H])c1c([2H])c([2H])c([2H])c([2H])c1n2C1=NC(n2c3c([2H])c([2H])c([2H])c([2H])c3c3c([2H])c([2H])c([2H])c([2H])c32)N=C(c2ccccc2-n2c3c([2H])c([2H])c([2H])c([2H])c3c3c([2H])c([2H])c(C#N)c([2H])c32)N1. The van der Waals surface area contributed by atoms with Crippen molar-refractivity contribution in [3.8, 4) is 11.8 Å². The number of nitrogens with zero attached hydrogens (tertiary/aromatic N) is 6. The number of hydrogen-bond acceptors (Lipinski definition) is 4. The molecule has 11 rings (SSSR count). The Labute approximate surface area is 335 Å². The van der Waals surface area contributed by atoms with Crippen molar-refractivity contribution >= 4 is 77.2 Å². The van der Waals surface area contributed by atoms with Gasteiger partial charge in [-0.1, -0.05) is 109 Å². The second-order valence-corrected chi connectivity index (χ2v) is 11.7. The van der Waals surface area contributed by atoms with Crippen molar-refractivity contribution in [2.24, 2.45) is 9.98 Å². The zero-order valence-electron chi connectivity index (χ0n) is 49.6. The van der Waals surface area contributed by atoms with Crippen LogP contribution in [0.1, 0.15) is 48.9 Å². The Morgan fingerprint density at radius 3 is 1.62 bits per heavy atom. The molecule has 248 valence electrons. The van der Waals surface area contributed by atoms with Gasteiger partial charge in [0.1, 0.15) is 5.84 Å². The van der Waals surface area contributed by atoms with Gasteiger partial charge in [-0.05, 0) is 54.4 Å². The lowest BCUT2D eigenvalue weighted by atomic mass is 10.1. The number of benzene rings is 7. The second kappa shape index (κ2) is 11.3. The summed E-state index contributed by atoms with van der Waals surface area (Å²) in [5.74, 6) is -0.925. The van der Waals surface area contributed by atoms with Gasteiger partial charge in [0.05, 0.1) is 81.9 Å². The van der Waals surface area contributed by atoms with E-state index in [1.54, 1.807) is 6.07 Å². The fourth-order valence-electron chi connectivity index (χ4n) is 6.78. The van der Waals surface area contributed by atoms with Gasteiger partial charge in [0, 0.05) is 37.9 Å². The summed E-state index contributed by atoms with van der Waals surface area (Å²) in [6, 6.07) is -9.43. The van der Waals surface area contributed by atoms with Crippen LogP contribution in [0, 0.1) is 11.3 Å². The molecule has 1 unspecified atom stereocenters. The molecule has 10 aromatic rings. The van der Waals surface area contributed by atoms with E-state index in [-0.39, 0.29) is 60.4 Å². The maximum atomic E-state index is 10.2. The first-order valence-corrected chi connectivity index (χ1v) is 15.8. The molecule has 1 aliphatic heterocycles. The lowest BCUT2D eigenvalue weighted by Gasteiger charge is -2.26. The fourth-order valence-corrected chi connectivity index (χ4v) is 6.78. The standard InChI is InChI=1S/C46H29N7/c47-28-29-25-26-35-34-17-1-7-19-37(34)51(43(35)27-29)42-24-12-6-18-36(42)44-48-45(52-38-20-8-2-13-30(38)31-14-3-9-21-39(31)52)50-46(49-44)53-40-22-10-4-15-32(40)33-16-5-11-23-41(33)53/h1-27,45H,(H,48,49,50)/i1D,2D,3D,4D,5D,7D,8D,9D,10D,11D,13D,14D,15D,16D,17D,19D,20D,21D,22D,23D,25D,26D,27D. The zero-order chi connectivity index (χ0) is 55.1. The van der Waals surface area contributed by atoms with Gasteiger partial charge in [-0.3, -0.25) is 9.13 Å². The van der Waals surface area contributed by atoms with E-state index in [0.29, 0.717) is 0 Å². The minimum atomic E-state index is -2.00. The van der Waals surface area contributed by atoms with Crippen molar-refractivity contribution < 1.29 is 31.5 Å². The molecule has 0 aliphatic carbocycles. The number of nitrogens with one attached hydrogen (secondary N) is 1. The average molecular weight is 703 g/mol. The van der Waals surface area contributed by atoms with Crippen LogP contribution in [-0.4, -0.2) is 25.5 Å². The van der Waals surface area contributed by atoms with Gasteiger partial charge in [-0.15, -0.1) is 0 Å². The maximum absolute atomic E-state index is 10.2. The minimum absolute atomic E-state index is 0.0976. The maximum Gasteiger partial charge on any atom is 0.226 e. The number of aliphatic imine (C=N–C) groups is 2. The topological polar surface area (TPSA) is 75.3 Å². The van der Waals surface area contributed by atoms with Crippen LogP contribution >= 0.6 is 0 Å². The van der Waals surface area contributed by atoms with Crippen LogP contribution < -0.4 is 5.32 Å². The number of fused-ring (bicyclic) bond motifs is 9. The monoisotopic (exact) mass is 702 g/mol. The van der Waals surface area contributed by atoms with Gasteiger partial charge >= 0.3 is 0 Å². The van der Waals surface area contributed by atoms with E-state index in [1.807, 2.05) is 0 Å². The first kappa shape index (κ1) is 14.7. The normalized spacial score (nSPS) is 20.7. The van der Waals surface area contributed by atoms with Crippen molar-refractivity contribution in [3.05, 3.63) is 174 Å². The molecule has 0 spiro atoms. The van der Waals surface area contributed by atoms with Crippen molar-refractivity contribution in [2.75, 3.05) is 0 Å². The molecule has 0 fully saturated rings. The molecule has 0 radical (unpaired) electrons. The highest BCUT2D eigenvalue weighted by Gasteiger charge is 2.27. The van der Waals surface area contributed by atoms with Gasteiger partial charge < -0.3 is 9.88 Å². The third kappa shape index (κ3) is 4.27. The molecule has 0 bridgehead atoms. The number of amidine groups is 1. The molecular weight excluding hydrogens is 651 g/mol. The van der Waals surface area contributed by atoms with Gasteiger partial charge in [-0.25, -0.2) is 9.98 Å². The summed E-state index contributed by atoms with van der Waals surface area (Å²) in [5, 5.41) is 11.1. The number of aromatic nitrogens is 3. The number of nitriles is 1. The molecule has 1 N–H and O–H groups in total. The minimum Gasteiger partial charge on any atom is -0.310 e. The predicted molar refractivity (Wildman–Crippen MR) is 216 cm³/mol. The van der Waals surface area contributed by atoms with Crippen LogP contribution in [0.5, 0.6) is 0 Å². The van der Waals surface area contributed by atoms with Crippen molar-refractivity contribution in [2.45, 2.75) is 6.29 Å². The summed E-state index contributed by atoms with van der Waals surface area (Å²) < 4.78 is 209. The first-order valence-electron chi connectivity index (χ1n) is 27.3. The molecule has 7 nitrogen and oxygen atoms in total. The van der Waals surface area contributed by atoms with Gasteiger partial charge in [0.2, 0.25) is 12.2 Å². The van der Waals surface area contributed by atoms with Gasteiger partial charge in [0.15, 0.2) is 0 Å². The van der Waals surface area contributed by atoms with Crippen LogP contribution in [0.2, 0.25) is 0 Å². The first-order chi connectivity index (χ1) is 35.8. The van der Waals surface area contributed by atoms with Crippen LogP contribution in [0.15, 0.2) is 173 Å². The van der Waals surface area contributed by atoms with Crippen molar-refractivity contribution in [1.29, 1.82) is 5.26 Å². The highest BCUT2D eigenvalue weighted by molar-refractivity contribution is 6.20. The van der Waals surface area contributed by atoms with E-state index in [9.17, 15) is 13.5 Å². The highest BCUT2D eigenvalue weighted by Crippen LogP contribution is 2.37. The van der Waals surface area contributed by atoms with Crippen molar-refractivity contribution in [3.63, 3.8) is 0 Å². The lowest BCUT2D eigenvalue weighted by molar-refractivity contribution is 0.571. The molecular formula is C46H29N7. The summed E-state index contributed by atoms with van der Waals surface area (Å²) >= 11 is 0. The van der Waals surface area contributed by atoms with E-state index < -0.39 is 179 Å². The molecule has 0 saturated heterocycles. The third-order valence-electron chi connectivity index (χ3n) is 8.92. The Hall–Kier alpha value is -7.43. The van der Waals surface area contributed by atoms with E-state index in [2.05, 4.69) is 5.32 Å². The lowest BCUT2D eigenvalue weighted by Crippen LogP contribution is -2.40. The Morgan fingerprint density at radius 1 is 0.547 bits per heavy atom. The average Bonchev–Trinajstić information content (AvgIpc) is 4.31. The summed E-state index contributed by atoms with van der Waals surface area (Å²) in [6.45, 7) is 0. The molecule has 0 saturated carbocycles. The van der Waals surface area contributed by atoms with Crippen LogP contribution in [0.3, 0.4) is 0 Å². The zero-order valence-corrected chi connectivity index (χ0v) is 26.6. The van der Waals surface area contributed by atoms with Crippen molar-refractivity contribution in [1.82, 2.24) is 19.0 Å². The van der Waals surface area contributed by atoms with Crippen LogP contribution in [-0.2, 0) is 0 Å². The van der Waals surface area contributed by atoms with Gasteiger partial charge in [0.25, 0.3) is 0 Å². The molecule has 7 aromatic carbocycles. The Morgan fingerprint density at radius 2 is 1.04 bits per heavy atom. The summed E-state index contributed by atoms with van der Waals surface area (Å²) in [6.07, 6.45) is -2.00. The van der Waals surface area contributed by atoms with E-state index in [4.69, 9.17) is 33.3 Å². The second-order valence-electron chi connectivity index (χ2n) is 11.7. The Balaban J connectivity index is 1.36. The summed E-state index contributed by atoms with van der Waals surface area (Å²) in [7, 11) is 0. The fraction of sp³-hybridized carbons (Fsp3) is 0.0217. The number of hydrogen-bond donors (Lipinski definition) is 1. The van der Waals surface area contributed by atoms with E-state index >= 15 is 0 Å². The quantitative estimate of drug-likeness (QED) is 0.199. The van der Waals surface area contributed by atoms with Crippen LogP contribution in [0.4, 0.5) is 0 Å². The summed E-state index contributed by atoms with van der Waals surface area (Å²) in [5.41, 5.74) is -3.22. The van der Waals surface area contributed by atoms with E-state index in [0.717, 1.165) is 9.13 Å². The molecule has 7 heteroatoms. The number of rotatable bonds is 3. The molecule has 4 heterocycles. The predicted octanol–water partition coefficient (Wildman–Crippen LogP) is 10.3. The molecule has 1 aliphatic rings. The molecule has 3 aromatic heterocycles. The molecule has 53 heavy (non-hydrogen) atoms. The number of para-hydroxylation sites is 6. The van der Waals surface area contributed by atoms with Crippen LogP contribution in [0.25, 0.3) is 71.1 Å². The largest absolute Gasteiger partial charge is 0.310 e. The Bertz CT molecular complexity index is 4410. The molecule has 1 atom stereocenters. The van der Waals surface area contributed by atoms with E-state index in [1.165, 1.54) is 28.8 Å². The smallest absolute Gasteiger partial charge is 0.226 e. The molecule has 0 amide bonds. The summed E-state index contributed by atoms with van der Waals surface area (Å²) in [4.78, 5) is 9.77. The van der Waals surface area contributed by atoms with Gasteiger partial charge in [-0.2, -0.15) is 5.26 Å². The third-order valence-corrected chi connectivity index (χ3v) is 8.92. The Kier molecular flexibility index (Phi) is 3.12. The highest BCUT2D eigenvalue weighted by atomic mass is 15.4.